The molecule has 2 heterocycles. The fourth-order valence-electron chi connectivity index (χ4n) is 3.46. The minimum absolute atomic E-state index is 0.0471. The highest BCUT2D eigenvalue weighted by atomic mass is 16.5. The summed E-state index contributed by atoms with van der Waals surface area (Å²) >= 11 is 0. The minimum atomic E-state index is 0.0471. The van der Waals surface area contributed by atoms with E-state index in [1.807, 2.05) is 65.6 Å². The number of carbonyl (C=O) groups excluding carboxylic acids is 1. The summed E-state index contributed by atoms with van der Waals surface area (Å²) in [4.78, 5) is 15.1. The second-order valence-electron chi connectivity index (χ2n) is 6.74. The molecule has 4 rings (SSSR count). The summed E-state index contributed by atoms with van der Waals surface area (Å²) in [6.07, 6.45) is 3.33. The Kier molecular flexibility index (Phi) is 4.92. The number of carbonyl (C=O) groups is 1. The van der Waals surface area contributed by atoms with Gasteiger partial charge in [0.25, 0.3) is 5.91 Å². The van der Waals surface area contributed by atoms with Crippen LogP contribution in [0, 0.1) is 0 Å². The number of hydrogen-bond acceptors (Lipinski definition) is 3. The largest absolute Gasteiger partial charge is 0.497 e. The van der Waals surface area contributed by atoms with E-state index in [1.165, 1.54) is 6.42 Å². The van der Waals surface area contributed by atoms with Gasteiger partial charge in [0.1, 0.15) is 11.4 Å². The summed E-state index contributed by atoms with van der Waals surface area (Å²) < 4.78 is 6.99. The van der Waals surface area contributed by atoms with Crippen molar-refractivity contribution in [1.29, 1.82) is 0 Å². The first-order valence-corrected chi connectivity index (χ1v) is 9.35. The number of hydrogen-bond donors (Lipinski definition) is 0. The van der Waals surface area contributed by atoms with Crippen molar-refractivity contribution in [2.24, 2.45) is 0 Å². The molecule has 5 nitrogen and oxygen atoms in total. The molecule has 0 bridgehead atoms. The van der Waals surface area contributed by atoms with Crippen LogP contribution in [0.15, 0.2) is 60.7 Å². The zero-order valence-corrected chi connectivity index (χ0v) is 15.5. The predicted molar refractivity (Wildman–Crippen MR) is 105 cm³/mol. The van der Waals surface area contributed by atoms with E-state index in [9.17, 15) is 4.79 Å². The summed E-state index contributed by atoms with van der Waals surface area (Å²) in [5, 5.41) is 4.75. The lowest BCUT2D eigenvalue weighted by molar-refractivity contribution is 0.0715. The Hall–Kier alpha value is -3.08. The van der Waals surface area contributed by atoms with E-state index in [-0.39, 0.29) is 5.91 Å². The molecule has 138 valence electrons. The number of ether oxygens (including phenoxy) is 1. The van der Waals surface area contributed by atoms with E-state index in [1.54, 1.807) is 11.8 Å². The van der Waals surface area contributed by atoms with Gasteiger partial charge in [-0.3, -0.25) is 4.79 Å². The van der Waals surface area contributed by atoms with Crippen molar-refractivity contribution in [3.63, 3.8) is 0 Å². The molecule has 0 atom stereocenters. The molecule has 5 heteroatoms. The molecule has 1 amide bonds. The van der Waals surface area contributed by atoms with Crippen LogP contribution in [0.3, 0.4) is 0 Å². The van der Waals surface area contributed by atoms with Gasteiger partial charge in [0.05, 0.1) is 18.5 Å². The molecular weight excluding hydrogens is 338 g/mol. The Morgan fingerprint density at radius 1 is 0.963 bits per heavy atom. The summed E-state index contributed by atoms with van der Waals surface area (Å²) in [6.45, 7) is 1.63. The molecule has 2 aromatic carbocycles. The van der Waals surface area contributed by atoms with Gasteiger partial charge in [0.2, 0.25) is 0 Å². The van der Waals surface area contributed by atoms with E-state index >= 15 is 0 Å². The molecule has 0 spiro atoms. The van der Waals surface area contributed by atoms with Crippen LogP contribution in [0.5, 0.6) is 5.75 Å². The van der Waals surface area contributed by atoms with Crippen molar-refractivity contribution in [2.45, 2.75) is 19.3 Å². The van der Waals surface area contributed by atoms with Crippen LogP contribution in [-0.4, -0.2) is 40.8 Å². The highest BCUT2D eigenvalue weighted by Crippen LogP contribution is 2.25. The quantitative estimate of drug-likeness (QED) is 0.701. The topological polar surface area (TPSA) is 47.4 Å². The highest BCUT2D eigenvalue weighted by Gasteiger charge is 2.24. The Morgan fingerprint density at radius 2 is 1.67 bits per heavy atom. The highest BCUT2D eigenvalue weighted by molar-refractivity contribution is 5.94. The smallest absolute Gasteiger partial charge is 0.272 e. The maximum atomic E-state index is 13.2. The van der Waals surface area contributed by atoms with Crippen LogP contribution in [0.25, 0.3) is 16.9 Å². The number of benzene rings is 2. The van der Waals surface area contributed by atoms with E-state index in [4.69, 9.17) is 9.84 Å². The average molecular weight is 361 g/mol. The monoisotopic (exact) mass is 361 g/mol. The third kappa shape index (κ3) is 3.58. The van der Waals surface area contributed by atoms with E-state index in [0.29, 0.717) is 5.69 Å². The molecule has 1 saturated heterocycles. The van der Waals surface area contributed by atoms with Crippen LogP contribution in [0.2, 0.25) is 0 Å². The third-order valence-corrected chi connectivity index (χ3v) is 4.96. The van der Waals surface area contributed by atoms with E-state index in [0.717, 1.165) is 48.6 Å². The molecule has 3 aromatic rings. The van der Waals surface area contributed by atoms with Crippen molar-refractivity contribution in [3.05, 3.63) is 66.4 Å². The lowest BCUT2D eigenvalue weighted by Gasteiger charge is -2.26. The third-order valence-electron chi connectivity index (χ3n) is 4.96. The predicted octanol–water partition coefficient (Wildman–Crippen LogP) is 4.17. The number of likely N-dealkylation sites (tertiary alicyclic amines) is 1. The molecule has 1 aliphatic heterocycles. The number of aromatic nitrogens is 2. The molecule has 0 unspecified atom stereocenters. The summed E-state index contributed by atoms with van der Waals surface area (Å²) in [7, 11) is 1.65. The van der Waals surface area contributed by atoms with Gasteiger partial charge in [-0.1, -0.05) is 18.2 Å². The minimum Gasteiger partial charge on any atom is -0.497 e. The van der Waals surface area contributed by atoms with Gasteiger partial charge < -0.3 is 9.64 Å². The lowest BCUT2D eigenvalue weighted by atomic mass is 10.1. The fourth-order valence-corrected chi connectivity index (χ4v) is 3.46. The van der Waals surface area contributed by atoms with Gasteiger partial charge >= 0.3 is 0 Å². The molecule has 27 heavy (non-hydrogen) atoms. The number of rotatable bonds is 4. The van der Waals surface area contributed by atoms with Gasteiger partial charge in [-0.2, -0.15) is 5.10 Å². The van der Waals surface area contributed by atoms with Crippen molar-refractivity contribution in [3.8, 4) is 22.7 Å². The molecule has 1 fully saturated rings. The summed E-state index contributed by atoms with van der Waals surface area (Å²) in [5.41, 5.74) is 3.23. The average Bonchev–Trinajstić information content (AvgIpc) is 3.20. The first-order valence-electron chi connectivity index (χ1n) is 9.35. The maximum absolute atomic E-state index is 13.2. The van der Waals surface area contributed by atoms with Crippen LogP contribution in [0.1, 0.15) is 29.8 Å². The van der Waals surface area contributed by atoms with E-state index < -0.39 is 0 Å². The van der Waals surface area contributed by atoms with Crippen molar-refractivity contribution >= 4 is 5.91 Å². The van der Waals surface area contributed by atoms with E-state index in [2.05, 4.69) is 0 Å². The van der Waals surface area contributed by atoms with Crippen LogP contribution in [0.4, 0.5) is 0 Å². The van der Waals surface area contributed by atoms with Crippen LogP contribution in [-0.2, 0) is 0 Å². The zero-order chi connectivity index (χ0) is 18.6. The van der Waals surface area contributed by atoms with Crippen LogP contribution < -0.4 is 4.74 Å². The Labute approximate surface area is 159 Å². The van der Waals surface area contributed by atoms with Gasteiger partial charge in [-0.25, -0.2) is 4.68 Å². The second kappa shape index (κ2) is 7.66. The van der Waals surface area contributed by atoms with Crippen LogP contribution >= 0.6 is 0 Å². The molecule has 0 aliphatic carbocycles. The van der Waals surface area contributed by atoms with Gasteiger partial charge in [-0.05, 0) is 61.7 Å². The molecule has 0 N–H and O–H groups in total. The maximum Gasteiger partial charge on any atom is 0.272 e. The molecule has 0 saturated carbocycles. The van der Waals surface area contributed by atoms with Gasteiger partial charge in [0.15, 0.2) is 0 Å². The standard InChI is InChI=1S/C22H23N3O2/c1-27-19-12-10-17(11-13-19)20-16-21(22(26)24-14-6-3-7-15-24)25(23-20)18-8-4-2-5-9-18/h2,4-5,8-13,16H,3,6-7,14-15H2,1H3. The number of methoxy groups -OCH3 is 1. The van der Waals surface area contributed by atoms with Crippen molar-refractivity contribution in [2.75, 3.05) is 20.2 Å². The van der Waals surface area contributed by atoms with Gasteiger partial charge in [-0.15, -0.1) is 0 Å². The number of para-hydroxylation sites is 1. The SMILES string of the molecule is COc1ccc(-c2cc(C(=O)N3CCCCC3)n(-c3ccccc3)n2)cc1. The first kappa shape index (κ1) is 17.3. The van der Waals surface area contributed by atoms with Gasteiger partial charge in [0, 0.05) is 18.7 Å². The second-order valence-corrected chi connectivity index (χ2v) is 6.74. The summed E-state index contributed by atoms with van der Waals surface area (Å²) in [6, 6.07) is 19.5. The molecule has 1 aliphatic rings. The molecule has 1 aromatic heterocycles. The molecule has 0 radical (unpaired) electrons. The Morgan fingerprint density at radius 3 is 2.33 bits per heavy atom. The Bertz CT molecular complexity index is 910. The Balaban J connectivity index is 1.75. The zero-order valence-electron chi connectivity index (χ0n) is 15.5. The number of piperidine rings is 1. The van der Waals surface area contributed by atoms with Crippen molar-refractivity contribution < 1.29 is 9.53 Å². The summed E-state index contributed by atoms with van der Waals surface area (Å²) in [5.74, 6) is 0.844. The number of amides is 1. The lowest BCUT2D eigenvalue weighted by Crippen LogP contribution is -2.36. The normalized spacial score (nSPS) is 14.2. The molecular formula is C22H23N3O2. The van der Waals surface area contributed by atoms with Crippen molar-refractivity contribution in [1.82, 2.24) is 14.7 Å². The first-order chi connectivity index (χ1) is 13.3. The fraction of sp³-hybridized carbons (Fsp3) is 0.273. The number of nitrogens with zero attached hydrogens (tertiary/aromatic N) is 3.